The fraction of sp³-hybridized carbons (Fsp3) is 0.0200. The average molecular weight is 699 g/mol. The molecule has 8 aromatic carbocycles. The second-order valence-electron chi connectivity index (χ2n) is 13.3. The molecule has 0 saturated carbocycles. The van der Waals surface area contributed by atoms with E-state index in [2.05, 4.69) is 42.5 Å². The SMILES string of the molecule is [2H]c1c([2H])c(-c2nc(-c3cccc(-c4ccccc4)c3)nc(-c3ccc4c(c3)Cc3cccc(-c5ccccc5)c3-4)n2)c2c(oc3c4c([2H])c([2H])c([2H])c([2H])c4c([2H])c([2H])c32)c1[2H]. The average Bonchev–Trinajstić information content (AvgIpc) is 3.90. The summed E-state index contributed by atoms with van der Waals surface area (Å²) in [5.41, 5.74) is 9.61. The van der Waals surface area contributed by atoms with Gasteiger partial charge in [-0.3, -0.25) is 0 Å². The number of benzene rings is 8. The van der Waals surface area contributed by atoms with E-state index < -0.39 is 54.4 Å². The Morgan fingerprint density at radius 3 is 2.04 bits per heavy atom. The maximum atomic E-state index is 9.38. The molecule has 0 saturated heterocycles. The molecule has 1 aliphatic rings. The van der Waals surface area contributed by atoms with Gasteiger partial charge in [0.2, 0.25) is 0 Å². The van der Waals surface area contributed by atoms with Gasteiger partial charge in [-0.25, -0.2) is 15.0 Å². The molecule has 0 aliphatic heterocycles. The molecule has 4 nitrogen and oxygen atoms in total. The summed E-state index contributed by atoms with van der Waals surface area (Å²) < 4.78 is 86.0. The summed E-state index contributed by atoms with van der Waals surface area (Å²) in [6.45, 7) is 0. The van der Waals surface area contributed by atoms with E-state index in [0.717, 1.165) is 33.4 Å². The van der Waals surface area contributed by atoms with Gasteiger partial charge in [0.05, 0.1) is 12.3 Å². The van der Waals surface area contributed by atoms with Crippen molar-refractivity contribution in [3.05, 3.63) is 187 Å². The Labute approximate surface area is 324 Å². The second-order valence-corrected chi connectivity index (χ2v) is 13.3. The maximum absolute atomic E-state index is 9.38. The van der Waals surface area contributed by atoms with Gasteiger partial charge in [0, 0.05) is 32.8 Å². The minimum absolute atomic E-state index is 0.0165. The van der Waals surface area contributed by atoms with Crippen LogP contribution in [-0.4, -0.2) is 15.0 Å². The third-order valence-electron chi connectivity index (χ3n) is 10.1. The van der Waals surface area contributed by atoms with Crippen LogP contribution in [0.1, 0.15) is 23.5 Å². The molecule has 0 atom stereocenters. The van der Waals surface area contributed by atoms with Crippen molar-refractivity contribution in [1.82, 2.24) is 15.0 Å². The van der Waals surface area contributed by atoms with Gasteiger partial charge in [-0.2, -0.15) is 0 Å². The third kappa shape index (κ3) is 4.96. The molecule has 0 amide bonds. The summed E-state index contributed by atoms with van der Waals surface area (Å²) in [5.74, 6) is 0.495. The first-order chi connectivity index (χ1) is 30.5. The van der Waals surface area contributed by atoms with Crippen molar-refractivity contribution in [2.75, 3.05) is 0 Å². The van der Waals surface area contributed by atoms with Gasteiger partial charge in [-0.05, 0) is 80.5 Å². The van der Waals surface area contributed by atoms with Gasteiger partial charge >= 0.3 is 0 Å². The minimum Gasteiger partial charge on any atom is -0.455 e. The zero-order valence-corrected chi connectivity index (χ0v) is 28.5. The third-order valence-corrected chi connectivity index (χ3v) is 10.1. The van der Waals surface area contributed by atoms with Crippen molar-refractivity contribution in [1.29, 1.82) is 0 Å². The van der Waals surface area contributed by atoms with Crippen LogP contribution in [0.4, 0.5) is 0 Å². The van der Waals surface area contributed by atoms with Crippen LogP contribution in [-0.2, 0) is 6.42 Å². The molecule has 0 unspecified atom stereocenters. The van der Waals surface area contributed by atoms with Crippen LogP contribution in [0.5, 0.6) is 0 Å². The summed E-state index contributed by atoms with van der Waals surface area (Å²) >= 11 is 0. The van der Waals surface area contributed by atoms with Crippen LogP contribution in [0.3, 0.4) is 0 Å². The molecule has 1 aliphatic carbocycles. The number of nitrogens with zero attached hydrogens (tertiary/aromatic N) is 3. The topological polar surface area (TPSA) is 51.8 Å². The van der Waals surface area contributed by atoms with Crippen LogP contribution in [0.25, 0.3) is 100 Å². The first kappa shape index (κ1) is 22.7. The number of rotatable bonds is 5. The Hall–Kier alpha value is -7.17. The van der Waals surface area contributed by atoms with Gasteiger partial charge in [0.1, 0.15) is 11.2 Å². The van der Waals surface area contributed by atoms with Crippen LogP contribution >= 0.6 is 0 Å². The molecule has 0 bridgehead atoms. The van der Waals surface area contributed by atoms with Crippen molar-refractivity contribution in [3.63, 3.8) is 0 Å². The number of fused-ring (bicyclic) bond motifs is 8. The van der Waals surface area contributed by atoms with Gasteiger partial charge < -0.3 is 4.42 Å². The molecule has 4 heteroatoms. The first-order valence-electron chi connectivity index (χ1n) is 22.1. The van der Waals surface area contributed by atoms with Crippen LogP contribution in [0, 0.1) is 0 Å². The minimum atomic E-state index is -0.562. The van der Waals surface area contributed by atoms with Crippen molar-refractivity contribution in [2.45, 2.75) is 6.42 Å². The lowest BCUT2D eigenvalue weighted by Crippen LogP contribution is -2.01. The van der Waals surface area contributed by atoms with Gasteiger partial charge in [0.25, 0.3) is 0 Å². The molecule has 0 N–H and O–H groups in total. The standard InChI is InChI=1S/C50H31N3O/c1-3-12-31(13-4-1)34-17-9-19-36(28-34)48-51-49(37-25-26-40-38(30-37)29-35-18-10-21-39(45(35)40)32-14-5-2-6-15-32)53-50(52-48)43-22-11-23-44-46(43)42-27-24-33-16-7-8-20-41(33)47(42)54-44/h1-28,30H,29H2/i7D,8D,11D,16D,20D,22D,23D,24D,27D. The zero-order chi connectivity index (χ0) is 43.4. The van der Waals surface area contributed by atoms with E-state index in [1.165, 1.54) is 11.1 Å². The Balaban J connectivity index is 1.19. The lowest BCUT2D eigenvalue weighted by Gasteiger charge is -2.12. The highest BCUT2D eigenvalue weighted by Crippen LogP contribution is 2.45. The Kier molecular flexibility index (Phi) is 5.13. The highest BCUT2D eigenvalue weighted by molar-refractivity contribution is 6.18. The number of hydrogen-bond donors (Lipinski definition) is 0. The van der Waals surface area contributed by atoms with E-state index in [9.17, 15) is 2.74 Å². The van der Waals surface area contributed by atoms with Gasteiger partial charge in [0.15, 0.2) is 17.5 Å². The fourth-order valence-electron chi connectivity index (χ4n) is 7.60. The van der Waals surface area contributed by atoms with E-state index in [1.807, 2.05) is 78.9 Å². The van der Waals surface area contributed by atoms with E-state index in [-0.39, 0.29) is 55.7 Å². The van der Waals surface area contributed by atoms with Crippen molar-refractivity contribution < 1.29 is 16.8 Å². The number of furan rings is 1. The van der Waals surface area contributed by atoms with Crippen LogP contribution in [0.15, 0.2) is 180 Å². The maximum Gasteiger partial charge on any atom is 0.164 e. The smallest absolute Gasteiger partial charge is 0.164 e. The van der Waals surface area contributed by atoms with E-state index in [1.54, 1.807) is 0 Å². The molecule has 2 heterocycles. The van der Waals surface area contributed by atoms with Gasteiger partial charge in [-0.1, -0.05) is 151 Å². The predicted molar refractivity (Wildman–Crippen MR) is 220 cm³/mol. The molecule has 11 rings (SSSR count). The molecule has 0 spiro atoms. The monoisotopic (exact) mass is 698 g/mol. The summed E-state index contributed by atoms with van der Waals surface area (Å²) in [7, 11) is 0. The summed E-state index contributed by atoms with van der Waals surface area (Å²) in [6, 6.07) is 35.9. The first-order valence-corrected chi connectivity index (χ1v) is 17.6. The summed E-state index contributed by atoms with van der Waals surface area (Å²) in [4.78, 5) is 15.0. The molecular weight excluding hydrogens is 659 g/mol. The number of aromatic nitrogens is 3. The summed E-state index contributed by atoms with van der Waals surface area (Å²) in [6.07, 6.45) is 0.685. The largest absolute Gasteiger partial charge is 0.455 e. The molecule has 10 aromatic rings. The van der Waals surface area contributed by atoms with E-state index in [4.69, 9.17) is 29.0 Å². The molecule has 2 aromatic heterocycles. The van der Waals surface area contributed by atoms with Crippen LogP contribution in [0.2, 0.25) is 0 Å². The molecule has 252 valence electrons. The lowest BCUT2D eigenvalue weighted by molar-refractivity contribution is 0.672. The van der Waals surface area contributed by atoms with E-state index in [0.29, 0.717) is 17.5 Å². The molecular formula is C50H31N3O. The molecule has 54 heavy (non-hydrogen) atoms. The van der Waals surface area contributed by atoms with E-state index >= 15 is 0 Å². The molecule has 0 fully saturated rings. The molecule has 0 radical (unpaired) electrons. The second kappa shape index (κ2) is 12.2. The predicted octanol–water partition coefficient (Wildman–Crippen LogP) is 12.8. The highest BCUT2D eigenvalue weighted by atomic mass is 16.3. The quantitative estimate of drug-likeness (QED) is 0.180. The normalized spacial score (nSPS) is 14.3. The van der Waals surface area contributed by atoms with Crippen molar-refractivity contribution in [3.8, 4) is 67.5 Å². The number of hydrogen-bond acceptors (Lipinski definition) is 4. The lowest BCUT2D eigenvalue weighted by atomic mass is 9.94. The Morgan fingerprint density at radius 1 is 0.463 bits per heavy atom. The van der Waals surface area contributed by atoms with Crippen molar-refractivity contribution >= 4 is 32.7 Å². The zero-order valence-electron chi connectivity index (χ0n) is 37.5. The van der Waals surface area contributed by atoms with Crippen molar-refractivity contribution in [2.24, 2.45) is 0 Å². The van der Waals surface area contributed by atoms with Gasteiger partial charge in [-0.15, -0.1) is 0 Å². The fourth-order valence-corrected chi connectivity index (χ4v) is 7.60. The summed E-state index contributed by atoms with van der Waals surface area (Å²) in [5, 5.41) is -0.382. The van der Waals surface area contributed by atoms with Crippen LogP contribution < -0.4 is 0 Å². The Morgan fingerprint density at radius 2 is 1.19 bits per heavy atom. The highest BCUT2D eigenvalue weighted by Gasteiger charge is 2.24. The Bertz CT molecular complexity index is 3590.